The molecule has 2 saturated heterocycles. The van der Waals surface area contributed by atoms with Crippen LogP contribution in [0.5, 0.6) is 5.75 Å². The van der Waals surface area contributed by atoms with Crippen molar-refractivity contribution in [3.8, 4) is 5.75 Å². The highest BCUT2D eigenvalue weighted by atomic mass is 19.1. The third-order valence-electron chi connectivity index (χ3n) is 4.13. The van der Waals surface area contributed by atoms with Crippen molar-refractivity contribution in [2.75, 3.05) is 6.61 Å². The summed E-state index contributed by atoms with van der Waals surface area (Å²) in [5.74, 6) is -0.0246. The van der Waals surface area contributed by atoms with Crippen molar-refractivity contribution in [2.24, 2.45) is 5.92 Å². The Morgan fingerprint density at radius 3 is 2.65 bits per heavy atom. The van der Waals surface area contributed by atoms with Crippen molar-refractivity contribution >= 4 is 5.78 Å². The Kier molecular flexibility index (Phi) is 3.74. The van der Waals surface area contributed by atoms with Gasteiger partial charge in [-0.15, -0.1) is 0 Å². The van der Waals surface area contributed by atoms with Crippen LogP contribution >= 0.6 is 0 Å². The quantitative estimate of drug-likeness (QED) is 0.792. The van der Waals surface area contributed by atoms with E-state index in [1.807, 2.05) is 6.92 Å². The molecule has 0 amide bonds. The second-order valence-corrected chi connectivity index (χ2v) is 5.60. The highest BCUT2D eigenvalue weighted by Crippen LogP contribution is 2.37. The van der Waals surface area contributed by atoms with Gasteiger partial charge >= 0.3 is 0 Å². The smallest absolute Gasteiger partial charge is 0.166 e. The number of carbonyl (C=O) groups excluding carboxylic acids is 1. The molecule has 0 saturated carbocycles. The van der Waals surface area contributed by atoms with Crippen molar-refractivity contribution in [1.29, 1.82) is 0 Å². The molecule has 2 aliphatic rings. The minimum absolute atomic E-state index is 0.0191. The first-order chi connectivity index (χ1) is 9.65. The molecule has 1 aromatic carbocycles. The van der Waals surface area contributed by atoms with Crippen molar-refractivity contribution in [1.82, 2.24) is 0 Å². The number of rotatable bonds is 4. The first-order valence-electron chi connectivity index (χ1n) is 7.28. The third-order valence-corrected chi connectivity index (χ3v) is 4.13. The van der Waals surface area contributed by atoms with Crippen LogP contribution in [-0.2, 0) is 4.74 Å². The average Bonchev–Trinajstić information content (AvgIpc) is 2.76. The molecule has 1 aromatic rings. The first kappa shape index (κ1) is 13.6. The van der Waals surface area contributed by atoms with Crippen LogP contribution in [0.25, 0.3) is 0 Å². The summed E-state index contributed by atoms with van der Waals surface area (Å²) >= 11 is 0. The highest BCUT2D eigenvalue weighted by molar-refractivity contribution is 5.98. The maximum absolute atomic E-state index is 13.6. The average molecular weight is 278 g/mol. The SMILES string of the molecule is CCOc1cc(F)cc(C(=O)C2CC3CCC(C2)O3)c1. The highest BCUT2D eigenvalue weighted by Gasteiger charge is 2.38. The lowest BCUT2D eigenvalue weighted by Crippen LogP contribution is -2.30. The summed E-state index contributed by atoms with van der Waals surface area (Å²) in [6, 6.07) is 4.27. The topological polar surface area (TPSA) is 35.5 Å². The number of halogens is 1. The molecule has 20 heavy (non-hydrogen) atoms. The van der Waals surface area contributed by atoms with E-state index < -0.39 is 5.82 Å². The summed E-state index contributed by atoms with van der Waals surface area (Å²) in [5, 5.41) is 0. The fourth-order valence-electron chi connectivity index (χ4n) is 3.26. The molecule has 0 N–H and O–H groups in total. The van der Waals surface area contributed by atoms with E-state index in [4.69, 9.17) is 9.47 Å². The van der Waals surface area contributed by atoms with Gasteiger partial charge in [0.25, 0.3) is 0 Å². The van der Waals surface area contributed by atoms with Crippen LogP contribution in [0, 0.1) is 11.7 Å². The van der Waals surface area contributed by atoms with E-state index in [-0.39, 0.29) is 23.9 Å². The van der Waals surface area contributed by atoms with Crippen molar-refractivity contribution in [2.45, 2.75) is 44.8 Å². The summed E-state index contributed by atoms with van der Waals surface area (Å²) in [4.78, 5) is 12.5. The second-order valence-electron chi connectivity index (χ2n) is 5.60. The largest absolute Gasteiger partial charge is 0.494 e. The lowest BCUT2D eigenvalue weighted by molar-refractivity contribution is -0.0149. The monoisotopic (exact) mass is 278 g/mol. The van der Waals surface area contributed by atoms with E-state index in [0.29, 0.717) is 17.9 Å². The van der Waals surface area contributed by atoms with Gasteiger partial charge in [0.05, 0.1) is 18.8 Å². The molecule has 2 unspecified atom stereocenters. The van der Waals surface area contributed by atoms with Gasteiger partial charge in [0.15, 0.2) is 5.78 Å². The van der Waals surface area contributed by atoms with Gasteiger partial charge in [0.1, 0.15) is 11.6 Å². The number of carbonyl (C=O) groups is 1. The first-order valence-corrected chi connectivity index (χ1v) is 7.28. The molecule has 0 radical (unpaired) electrons. The van der Waals surface area contributed by atoms with E-state index >= 15 is 0 Å². The molecule has 2 heterocycles. The van der Waals surface area contributed by atoms with Crippen LogP contribution < -0.4 is 4.74 Å². The van der Waals surface area contributed by atoms with Crippen molar-refractivity contribution < 1.29 is 18.7 Å². The molecule has 0 spiro atoms. The van der Waals surface area contributed by atoms with E-state index in [0.717, 1.165) is 25.7 Å². The van der Waals surface area contributed by atoms with Gasteiger partial charge in [-0.2, -0.15) is 0 Å². The summed E-state index contributed by atoms with van der Waals surface area (Å²) < 4.78 is 24.6. The van der Waals surface area contributed by atoms with Crippen LogP contribution in [0.2, 0.25) is 0 Å². The Balaban J connectivity index is 1.79. The fourth-order valence-corrected chi connectivity index (χ4v) is 3.26. The zero-order valence-electron chi connectivity index (χ0n) is 11.6. The van der Waals surface area contributed by atoms with Crippen LogP contribution in [-0.4, -0.2) is 24.6 Å². The predicted octanol–water partition coefficient (Wildman–Crippen LogP) is 3.36. The molecule has 2 atom stereocenters. The Labute approximate surface area is 118 Å². The summed E-state index contributed by atoms with van der Waals surface area (Å²) in [6.45, 7) is 2.29. The van der Waals surface area contributed by atoms with Gasteiger partial charge in [0.2, 0.25) is 0 Å². The predicted molar refractivity (Wildman–Crippen MR) is 72.5 cm³/mol. The summed E-state index contributed by atoms with van der Waals surface area (Å²) in [6.07, 6.45) is 4.03. The number of hydrogen-bond acceptors (Lipinski definition) is 3. The van der Waals surface area contributed by atoms with Crippen molar-refractivity contribution in [3.63, 3.8) is 0 Å². The van der Waals surface area contributed by atoms with E-state index in [1.54, 1.807) is 6.07 Å². The molecular weight excluding hydrogens is 259 g/mol. The third kappa shape index (κ3) is 2.70. The second kappa shape index (κ2) is 5.52. The number of ketones is 1. The van der Waals surface area contributed by atoms with E-state index in [9.17, 15) is 9.18 Å². The molecule has 3 nitrogen and oxygen atoms in total. The van der Waals surface area contributed by atoms with Crippen LogP contribution in [0.15, 0.2) is 18.2 Å². The fraction of sp³-hybridized carbons (Fsp3) is 0.562. The number of benzene rings is 1. The zero-order valence-corrected chi connectivity index (χ0v) is 11.6. The van der Waals surface area contributed by atoms with Crippen LogP contribution in [0.1, 0.15) is 43.0 Å². The van der Waals surface area contributed by atoms with Crippen LogP contribution in [0.3, 0.4) is 0 Å². The molecular formula is C16H19FO3. The standard InChI is InChI=1S/C16H19FO3/c1-2-19-15-8-10(5-12(17)9-15)16(18)11-6-13-3-4-14(7-11)20-13/h5,8-9,11,13-14H,2-4,6-7H2,1H3. The van der Waals surface area contributed by atoms with Gasteiger partial charge in [-0.05, 0) is 44.7 Å². The van der Waals surface area contributed by atoms with Gasteiger partial charge in [-0.3, -0.25) is 4.79 Å². The Morgan fingerprint density at radius 2 is 2.00 bits per heavy atom. The summed E-state index contributed by atoms with van der Waals surface area (Å²) in [7, 11) is 0. The van der Waals surface area contributed by atoms with E-state index in [1.165, 1.54) is 12.1 Å². The van der Waals surface area contributed by atoms with Crippen LogP contribution in [0.4, 0.5) is 4.39 Å². The maximum atomic E-state index is 13.6. The number of hydrogen-bond donors (Lipinski definition) is 0. The molecule has 2 bridgehead atoms. The molecule has 108 valence electrons. The minimum Gasteiger partial charge on any atom is -0.494 e. The molecule has 2 fully saturated rings. The maximum Gasteiger partial charge on any atom is 0.166 e. The van der Waals surface area contributed by atoms with Gasteiger partial charge in [0, 0.05) is 17.5 Å². The molecule has 3 rings (SSSR count). The van der Waals surface area contributed by atoms with E-state index in [2.05, 4.69) is 0 Å². The Hall–Kier alpha value is -1.42. The zero-order chi connectivity index (χ0) is 14.1. The number of Topliss-reactive ketones (excluding diaryl/α,β-unsaturated/α-hetero) is 1. The van der Waals surface area contributed by atoms with Gasteiger partial charge < -0.3 is 9.47 Å². The molecule has 2 aliphatic heterocycles. The lowest BCUT2D eigenvalue weighted by Gasteiger charge is -2.27. The van der Waals surface area contributed by atoms with Gasteiger partial charge in [-0.1, -0.05) is 0 Å². The lowest BCUT2D eigenvalue weighted by atomic mass is 9.88. The van der Waals surface area contributed by atoms with Crippen molar-refractivity contribution in [3.05, 3.63) is 29.6 Å². The normalized spacial score (nSPS) is 28.4. The summed E-state index contributed by atoms with van der Waals surface area (Å²) in [5.41, 5.74) is 0.416. The number of fused-ring (bicyclic) bond motifs is 2. The Morgan fingerprint density at radius 1 is 1.30 bits per heavy atom. The molecule has 4 heteroatoms. The Bertz CT molecular complexity index is 502. The van der Waals surface area contributed by atoms with Gasteiger partial charge in [-0.25, -0.2) is 4.39 Å². The molecule has 0 aromatic heterocycles. The molecule has 0 aliphatic carbocycles. The minimum atomic E-state index is -0.422. The number of ether oxygens (including phenoxy) is 2.